The number of imide groups is 1. The van der Waals surface area contributed by atoms with Crippen LogP contribution in [0, 0.1) is 5.41 Å². The molecule has 0 spiro atoms. The zero-order valence-electron chi connectivity index (χ0n) is 12.9. The van der Waals surface area contributed by atoms with Crippen molar-refractivity contribution in [2.24, 2.45) is 5.41 Å². The number of esters is 1. The van der Waals surface area contributed by atoms with E-state index in [1.54, 1.807) is 13.8 Å². The van der Waals surface area contributed by atoms with E-state index in [0.717, 1.165) is 0 Å². The van der Waals surface area contributed by atoms with E-state index in [4.69, 9.17) is 27.9 Å². The molecule has 4 amide bonds. The van der Waals surface area contributed by atoms with Gasteiger partial charge < -0.3 is 10.1 Å². The van der Waals surface area contributed by atoms with Gasteiger partial charge in [0.25, 0.3) is 11.8 Å². The zero-order chi connectivity index (χ0) is 17.6. The summed E-state index contributed by atoms with van der Waals surface area (Å²) in [4.78, 5) is 47.4. The Morgan fingerprint density at radius 2 is 1.91 bits per heavy atom. The van der Waals surface area contributed by atoms with E-state index in [1.165, 1.54) is 6.92 Å². The number of nitrogens with zero attached hydrogens (tertiary/aromatic N) is 1. The Labute approximate surface area is 142 Å². The fraction of sp³-hybridized carbons (Fsp3) is 0.692. The molecule has 0 bridgehead atoms. The van der Waals surface area contributed by atoms with E-state index in [2.05, 4.69) is 10.7 Å². The summed E-state index contributed by atoms with van der Waals surface area (Å²) >= 11 is 11.7. The third kappa shape index (κ3) is 2.97. The van der Waals surface area contributed by atoms with Gasteiger partial charge in [0.2, 0.25) is 0 Å². The third-order valence-electron chi connectivity index (χ3n) is 4.25. The van der Waals surface area contributed by atoms with E-state index >= 15 is 0 Å². The fourth-order valence-corrected chi connectivity index (χ4v) is 2.78. The molecule has 8 nitrogen and oxygen atoms in total. The Morgan fingerprint density at radius 1 is 1.35 bits per heavy atom. The van der Waals surface area contributed by atoms with Crippen molar-refractivity contribution < 1.29 is 23.9 Å². The van der Waals surface area contributed by atoms with Gasteiger partial charge in [0, 0.05) is 6.42 Å². The van der Waals surface area contributed by atoms with Gasteiger partial charge >= 0.3 is 12.0 Å². The van der Waals surface area contributed by atoms with Crippen LogP contribution in [0.3, 0.4) is 0 Å². The highest BCUT2D eigenvalue weighted by molar-refractivity contribution is 6.53. The molecule has 0 aromatic rings. The molecule has 1 aliphatic carbocycles. The van der Waals surface area contributed by atoms with Crippen LogP contribution in [-0.4, -0.2) is 45.3 Å². The summed E-state index contributed by atoms with van der Waals surface area (Å²) in [6, 6.07) is -0.742. The molecule has 2 fully saturated rings. The molecule has 1 saturated carbocycles. The number of carbonyl (C=O) groups excluding carboxylic acids is 4. The average Bonchev–Trinajstić information content (AvgIpc) is 2.92. The molecular formula is C13H17Cl2N3O5. The summed E-state index contributed by atoms with van der Waals surface area (Å²) in [5.41, 5.74) is -0.0221. The molecule has 2 N–H and O–H groups in total. The lowest BCUT2D eigenvalue weighted by Crippen LogP contribution is -2.49. The van der Waals surface area contributed by atoms with Gasteiger partial charge in [0.15, 0.2) is 6.61 Å². The van der Waals surface area contributed by atoms with Crippen molar-refractivity contribution in [3.05, 3.63) is 0 Å². The van der Waals surface area contributed by atoms with Crippen LogP contribution >= 0.6 is 23.2 Å². The molecule has 128 valence electrons. The number of halogens is 2. The molecule has 0 aromatic carbocycles. The van der Waals surface area contributed by atoms with Crippen LogP contribution in [0.25, 0.3) is 0 Å². The second-order valence-corrected chi connectivity index (χ2v) is 7.56. The molecule has 2 atom stereocenters. The molecule has 23 heavy (non-hydrogen) atoms. The molecule has 2 aliphatic rings. The van der Waals surface area contributed by atoms with E-state index in [9.17, 15) is 19.2 Å². The van der Waals surface area contributed by atoms with Gasteiger partial charge in [-0.25, -0.2) is 4.79 Å². The number of urea groups is 1. The van der Waals surface area contributed by atoms with Gasteiger partial charge in [0.05, 0.1) is 0 Å². The topological polar surface area (TPSA) is 105 Å². The molecule has 0 aromatic heterocycles. The predicted octanol–water partition coefficient (Wildman–Crippen LogP) is 0.865. The molecular weight excluding hydrogens is 349 g/mol. The lowest BCUT2D eigenvalue weighted by Gasteiger charge is -2.19. The van der Waals surface area contributed by atoms with E-state index in [1.807, 2.05) is 0 Å². The second kappa shape index (κ2) is 5.52. The number of rotatable bonds is 5. The number of nitrogens with one attached hydrogen (secondary N) is 2. The average molecular weight is 366 g/mol. The molecule has 1 heterocycles. The highest BCUT2D eigenvalue weighted by Gasteiger charge is 2.69. The van der Waals surface area contributed by atoms with Crippen molar-refractivity contribution in [1.29, 1.82) is 0 Å². The van der Waals surface area contributed by atoms with E-state index in [-0.39, 0.29) is 6.42 Å². The lowest BCUT2D eigenvalue weighted by molar-refractivity contribution is -0.154. The quantitative estimate of drug-likeness (QED) is 0.427. The Hall–Kier alpha value is -1.54. The first-order chi connectivity index (χ1) is 10.5. The maximum Gasteiger partial charge on any atom is 0.344 e. The first-order valence-corrected chi connectivity index (χ1v) is 7.74. The van der Waals surface area contributed by atoms with Gasteiger partial charge in [-0.15, -0.1) is 23.2 Å². The number of ether oxygens (including phenoxy) is 1. The third-order valence-corrected chi connectivity index (χ3v) is 5.35. The minimum absolute atomic E-state index is 0.228. The van der Waals surface area contributed by atoms with Crippen molar-refractivity contribution in [3.63, 3.8) is 0 Å². The van der Waals surface area contributed by atoms with Crippen LogP contribution < -0.4 is 10.7 Å². The molecule has 1 saturated heterocycles. The van der Waals surface area contributed by atoms with Crippen molar-refractivity contribution >= 4 is 47.0 Å². The van der Waals surface area contributed by atoms with Crippen LogP contribution in [0.15, 0.2) is 0 Å². The highest BCUT2D eigenvalue weighted by Crippen LogP contribution is 2.64. The zero-order valence-corrected chi connectivity index (χ0v) is 14.4. The summed E-state index contributed by atoms with van der Waals surface area (Å²) in [7, 11) is 0. The van der Waals surface area contributed by atoms with E-state index in [0.29, 0.717) is 11.4 Å². The van der Waals surface area contributed by atoms with Crippen LogP contribution in [-0.2, 0) is 19.1 Å². The lowest BCUT2D eigenvalue weighted by atomic mass is 10.00. The summed E-state index contributed by atoms with van der Waals surface area (Å²) in [6.07, 6.45) is 0.593. The van der Waals surface area contributed by atoms with Crippen molar-refractivity contribution in [1.82, 2.24) is 15.8 Å². The van der Waals surface area contributed by atoms with Crippen molar-refractivity contribution in [3.8, 4) is 0 Å². The van der Waals surface area contributed by atoms with Gasteiger partial charge in [-0.2, -0.15) is 5.01 Å². The minimum Gasteiger partial charge on any atom is -0.455 e. The second-order valence-electron chi connectivity index (χ2n) is 6.08. The Morgan fingerprint density at radius 3 is 2.35 bits per heavy atom. The first kappa shape index (κ1) is 17.8. The Kier molecular flexibility index (Phi) is 4.28. The SMILES string of the molecule is CCC1(C)NC(=O)N(NC(=O)COC(=O)C2(C)CC2(Cl)Cl)C1=O. The summed E-state index contributed by atoms with van der Waals surface area (Å²) in [5.74, 6) is -2.12. The van der Waals surface area contributed by atoms with Crippen LogP contribution in [0.2, 0.25) is 0 Å². The summed E-state index contributed by atoms with van der Waals surface area (Å²) < 4.78 is 3.64. The maximum atomic E-state index is 12.1. The van der Waals surface area contributed by atoms with Gasteiger partial charge in [0.1, 0.15) is 15.3 Å². The standard InChI is InChI=1S/C13H17Cl2N3O5/c1-4-12(3)8(20)18(10(22)16-12)17-7(19)5-23-9(21)11(2)6-13(11,14)15/h4-6H2,1-3H3,(H,16,22)(H,17,19). The van der Waals surface area contributed by atoms with E-state index < -0.39 is 45.7 Å². The van der Waals surface area contributed by atoms with Crippen molar-refractivity contribution in [2.75, 3.05) is 6.61 Å². The Bertz CT molecular complexity index is 596. The van der Waals surface area contributed by atoms with Crippen LogP contribution in [0.1, 0.15) is 33.6 Å². The number of hydrogen-bond donors (Lipinski definition) is 2. The first-order valence-electron chi connectivity index (χ1n) is 6.98. The largest absolute Gasteiger partial charge is 0.455 e. The van der Waals surface area contributed by atoms with Crippen LogP contribution in [0.4, 0.5) is 4.79 Å². The number of hydrazine groups is 1. The molecule has 0 radical (unpaired) electrons. The number of hydrogen-bond acceptors (Lipinski definition) is 5. The van der Waals surface area contributed by atoms with Crippen LogP contribution in [0.5, 0.6) is 0 Å². The molecule has 2 unspecified atom stereocenters. The van der Waals surface area contributed by atoms with Gasteiger partial charge in [-0.1, -0.05) is 6.92 Å². The highest BCUT2D eigenvalue weighted by atomic mass is 35.5. The minimum atomic E-state index is -1.20. The number of amides is 4. The maximum absolute atomic E-state index is 12.1. The predicted molar refractivity (Wildman–Crippen MR) is 80.3 cm³/mol. The summed E-state index contributed by atoms with van der Waals surface area (Å²) in [5, 5.41) is 3.05. The monoisotopic (exact) mass is 365 g/mol. The normalized spacial score (nSPS) is 31.6. The van der Waals surface area contributed by atoms with Crippen molar-refractivity contribution in [2.45, 2.75) is 43.5 Å². The molecule has 1 aliphatic heterocycles. The number of alkyl halides is 2. The summed E-state index contributed by atoms with van der Waals surface area (Å²) in [6.45, 7) is 4.15. The smallest absolute Gasteiger partial charge is 0.344 e. The molecule has 2 rings (SSSR count). The Balaban J connectivity index is 1.88. The van der Waals surface area contributed by atoms with Gasteiger partial charge in [-0.3, -0.25) is 19.8 Å². The fourth-order valence-electron chi connectivity index (χ4n) is 2.09. The number of carbonyl (C=O) groups is 4. The molecule has 10 heteroatoms. The van der Waals surface area contributed by atoms with Gasteiger partial charge in [-0.05, 0) is 20.3 Å².